The smallest absolute Gasteiger partial charge is 0.145 e. The molecule has 0 bridgehead atoms. The van der Waals surface area contributed by atoms with Crippen molar-refractivity contribution in [3.8, 4) is 0 Å². The Hall–Kier alpha value is -0.640. The van der Waals surface area contributed by atoms with Gasteiger partial charge >= 0.3 is 0 Å². The molecule has 1 aromatic rings. The summed E-state index contributed by atoms with van der Waals surface area (Å²) in [6, 6.07) is 4.94. The van der Waals surface area contributed by atoms with E-state index in [1.807, 2.05) is 0 Å². The highest BCUT2D eigenvalue weighted by Crippen LogP contribution is 2.17. The number of halogens is 2. The number of hydrogen-bond acceptors (Lipinski definition) is 2. The monoisotopic (exact) mass is 188 g/mol. The van der Waals surface area contributed by atoms with E-state index in [0.717, 1.165) is 0 Å². The average Bonchev–Trinajstić information content (AvgIpc) is 2.08. The Bertz CT molecular complexity index is 265. The highest BCUT2D eigenvalue weighted by Gasteiger charge is 2.04. The molecule has 0 aromatic heterocycles. The molecule has 1 aromatic carbocycles. The maximum absolute atomic E-state index is 13.1. The van der Waals surface area contributed by atoms with Crippen molar-refractivity contribution in [1.29, 1.82) is 0 Å². The van der Waals surface area contributed by atoms with Crippen LogP contribution in [0.15, 0.2) is 18.2 Å². The van der Waals surface area contributed by atoms with Gasteiger partial charge in [-0.1, -0.05) is 23.7 Å². The van der Waals surface area contributed by atoms with Gasteiger partial charge in [0.05, 0.1) is 5.02 Å². The van der Waals surface area contributed by atoms with Crippen molar-refractivity contribution >= 4 is 11.6 Å². The van der Waals surface area contributed by atoms with Crippen LogP contribution >= 0.6 is 11.6 Å². The zero-order chi connectivity index (χ0) is 8.97. The first-order valence-electron chi connectivity index (χ1n) is 3.62. The molecule has 12 heavy (non-hydrogen) atoms. The first-order chi connectivity index (χ1) is 5.75. The van der Waals surface area contributed by atoms with Gasteiger partial charge in [0.2, 0.25) is 0 Å². The first kappa shape index (κ1) is 9.45. The summed E-state index contributed by atoms with van der Waals surface area (Å²) in [6.07, 6.45) is 0.545. The van der Waals surface area contributed by atoms with E-state index in [1.165, 1.54) is 6.07 Å². The highest BCUT2D eigenvalue weighted by molar-refractivity contribution is 6.30. The van der Waals surface area contributed by atoms with Crippen molar-refractivity contribution < 1.29 is 4.39 Å². The molecule has 0 saturated carbocycles. The number of nitrogens with two attached hydrogens (primary N) is 1. The minimum absolute atomic E-state index is 0.157. The molecule has 0 atom stereocenters. The van der Waals surface area contributed by atoms with Crippen molar-refractivity contribution in [2.45, 2.75) is 6.42 Å². The van der Waals surface area contributed by atoms with Gasteiger partial charge in [-0.25, -0.2) is 4.39 Å². The standard InChI is InChI=1S/C8H10ClFN2/c9-7-3-1-2-6(8(7)10)4-5-12-11/h1-3,12H,4-5,11H2. The van der Waals surface area contributed by atoms with Crippen LogP contribution in [-0.2, 0) is 6.42 Å². The molecule has 3 N–H and O–H groups in total. The Kier molecular flexibility index (Phi) is 3.47. The lowest BCUT2D eigenvalue weighted by atomic mass is 10.1. The van der Waals surface area contributed by atoms with Crippen LogP contribution in [0.3, 0.4) is 0 Å². The van der Waals surface area contributed by atoms with E-state index >= 15 is 0 Å². The average molecular weight is 189 g/mol. The largest absolute Gasteiger partial charge is 0.271 e. The summed E-state index contributed by atoms with van der Waals surface area (Å²) >= 11 is 5.57. The molecule has 0 unspecified atom stereocenters. The van der Waals surface area contributed by atoms with Crippen molar-refractivity contribution in [2.24, 2.45) is 5.84 Å². The van der Waals surface area contributed by atoms with E-state index in [2.05, 4.69) is 5.43 Å². The topological polar surface area (TPSA) is 38.0 Å². The molecule has 0 heterocycles. The summed E-state index contributed by atoms with van der Waals surface area (Å²) in [6.45, 7) is 0.539. The Morgan fingerprint density at radius 2 is 2.25 bits per heavy atom. The zero-order valence-electron chi connectivity index (χ0n) is 6.48. The van der Waals surface area contributed by atoms with Gasteiger partial charge in [-0.2, -0.15) is 0 Å². The molecule has 0 radical (unpaired) electrons. The van der Waals surface area contributed by atoms with Crippen LogP contribution in [0.2, 0.25) is 5.02 Å². The summed E-state index contributed by atoms with van der Waals surface area (Å²) in [5, 5.41) is 0.157. The molecule has 1 rings (SSSR count). The molecule has 0 aliphatic heterocycles. The predicted octanol–water partition coefficient (Wildman–Crippen LogP) is 1.48. The fourth-order valence-corrected chi connectivity index (χ4v) is 1.14. The summed E-state index contributed by atoms with van der Waals surface area (Å²) in [5.74, 6) is 4.71. The van der Waals surface area contributed by atoms with Gasteiger partial charge < -0.3 is 0 Å². The third kappa shape index (κ3) is 2.17. The Morgan fingerprint density at radius 3 is 2.92 bits per heavy atom. The molecule has 0 saturated heterocycles. The maximum atomic E-state index is 13.1. The number of hydrogen-bond donors (Lipinski definition) is 2. The number of nitrogens with one attached hydrogen (secondary N) is 1. The summed E-state index contributed by atoms with van der Waals surface area (Å²) in [7, 11) is 0. The van der Waals surface area contributed by atoms with Crippen LogP contribution < -0.4 is 11.3 Å². The molecule has 0 aliphatic carbocycles. The maximum Gasteiger partial charge on any atom is 0.145 e. The van der Waals surface area contributed by atoms with Gasteiger partial charge in [0.25, 0.3) is 0 Å². The molecule has 0 spiro atoms. The van der Waals surface area contributed by atoms with Crippen molar-refractivity contribution in [1.82, 2.24) is 5.43 Å². The van der Waals surface area contributed by atoms with Crippen LogP contribution in [0.1, 0.15) is 5.56 Å². The number of rotatable bonds is 3. The Labute approximate surface area is 75.5 Å². The van der Waals surface area contributed by atoms with E-state index in [-0.39, 0.29) is 10.8 Å². The Morgan fingerprint density at radius 1 is 1.50 bits per heavy atom. The van der Waals surface area contributed by atoms with Crippen molar-refractivity contribution in [2.75, 3.05) is 6.54 Å². The molecule has 4 heteroatoms. The second-order valence-electron chi connectivity index (χ2n) is 2.42. The first-order valence-corrected chi connectivity index (χ1v) is 4.00. The lowest BCUT2D eigenvalue weighted by molar-refractivity contribution is 0.602. The Balaban J connectivity index is 2.78. The van der Waals surface area contributed by atoms with Crippen LogP contribution in [-0.4, -0.2) is 6.54 Å². The third-order valence-corrected chi connectivity index (χ3v) is 1.86. The molecule has 66 valence electrons. The van der Waals surface area contributed by atoms with E-state index < -0.39 is 0 Å². The lowest BCUT2D eigenvalue weighted by Crippen LogP contribution is -2.24. The SMILES string of the molecule is NNCCc1cccc(Cl)c1F. The van der Waals surface area contributed by atoms with E-state index in [1.54, 1.807) is 12.1 Å². The second kappa shape index (κ2) is 4.40. The second-order valence-corrected chi connectivity index (χ2v) is 2.82. The van der Waals surface area contributed by atoms with Gasteiger partial charge in [0, 0.05) is 6.54 Å². The fraction of sp³-hybridized carbons (Fsp3) is 0.250. The van der Waals surface area contributed by atoms with Crippen LogP contribution in [0.4, 0.5) is 4.39 Å². The van der Waals surface area contributed by atoms with Crippen LogP contribution in [0.25, 0.3) is 0 Å². The van der Waals surface area contributed by atoms with Crippen LogP contribution in [0.5, 0.6) is 0 Å². The molecular weight excluding hydrogens is 179 g/mol. The number of benzene rings is 1. The van der Waals surface area contributed by atoms with Crippen LogP contribution in [0, 0.1) is 5.82 Å². The van der Waals surface area contributed by atoms with E-state index in [0.29, 0.717) is 18.5 Å². The minimum Gasteiger partial charge on any atom is -0.271 e. The van der Waals surface area contributed by atoms with Gasteiger partial charge in [0.15, 0.2) is 0 Å². The molecule has 0 aliphatic rings. The van der Waals surface area contributed by atoms with Crippen molar-refractivity contribution in [3.63, 3.8) is 0 Å². The predicted molar refractivity (Wildman–Crippen MR) is 47.3 cm³/mol. The highest BCUT2D eigenvalue weighted by atomic mass is 35.5. The molecule has 0 fully saturated rings. The van der Waals surface area contributed by atoms with Gasteiger partial charge in [0.1, 0.15) is 5.82 Å². The van der Waals surface area contributed by atoms with E-state index in [9.17, 15) is 4.39 Å². The molecule has 2 nitrogen and oxygen atoms in total. The van der Waals surface area contributed by atoms with Gasteiger partial charge in [-0.3, -0.25) is 11.3 Å². The molecule has 0 amide bonds. The lowest BCUT2D eigenvalue weighted by Gasteiger charge is -2.02. The zero-order valence-corrected chi connectivity index (χ0v) is 7.24. The minimum atomic E-state index is -0.352. The summed E-state index contributed by atoms with van der Waals surface area (Å²) in [5.41, 5.74) is 3.04. The third-order valence-electron chi connectivity index (χ3n) is 1.57. The quantitative estimate of drug-likeness (QED) is 0.557. The van der Waals surface area contributed by atoms with Gasteiger partial charge in [-0.15, -0.1) is 0 Å². The summed E-state index contributed by atoms with van der Waals surface area (Å²) in [4.78, 5) is 0. The fourth-order valence-electron chi connectivity index (χ4n) is 0.948. The summed E-state index contributed by atoms with van der Waals surface area (Å²) < 4.78 is 13.1. The molecular formula is C8H10ClFN2. The normalized spacial score (nSPS) is 10.2. The van der Waals surface area contributed by atoms with E-state index in [4.69, 9.17) is 17.4 Å². The van der Waals surface area contributed by atoms with Crippen molar-refractivity contribution in [3.05, 3.63) is 34.6 Å². The number of hydrazine groups is 1. The van der Waals surface area contributed by atoms with Gasteiger partial charge in [-0.05, 0) is 18.1 Å².